The molecule has 0 amide bonds. The van der Waals surface area contributed by atoms with Crippen molar-refractivity contribution in [2.24, 2.45) is 0 Å². The fourth-order valence-electron chi connectivity index (χ4n) is 1.61. The molecule has 0 spiro atoms. The van der Waals surface area contributed by atoms with Crippen LogP contribution in [0.4, 0.5) is 0 Å². The van der Waals surface area contributed by atoms with Crippen LogP contribution in [0.15, 0.2) is 42.5 Å². The molecular weight excluding hydrogens is 204 g/mol. The van der Waals surface area contributed by atoms with Crippen LogP contribution in [-0.2, 0) is 0 Å². The monoisotopic (exact) mass is 214 g/mol. The van der Waals surface area contributed by atoms with E-state index < -0.39 is 0 Å². The molecule has 2 rings (SSSR count). The van der Waals surface area contributed by atoms with Crippen molar-refractivity contribution in [1.29, 1.82) is 0 Å². The van der Waals surface area contributed by atoms with Crippen LogP contribution in [0.25, 0.3) is 11.1 Å². The first-order chi connectivity index (χ1) is 7.74. The summed E-state index contributed by atoms with van der Waals surface area (Å²) in [6.45, 7) is 0. The number of phenols is 2. The van der Waals surface area contributed by atoms with Crippen LogP contribution >= 0.6 is 0 Å². The Morgan fingerprint density at radius 3 is 2.12 bits per heavy atom. The molecule has 0 aliphatic rings. The van der Waals surface area contributed by atoms with E-state index in [9.17, 15) is 15.0 Å². The Morgan fingerprint density at radius 1 is 0.812 bits per heavy atom. The number of benzene rings is 2. The highest BCUT2D eigenvalue weighted by atomic mass is 16.3. The van der Waals surface area contributed by atoms with Gasteiger partial charge in [-0.1, -0.05) is 30.3 Å². The van der Waals surface area contributed by atoms with Crippen molar-refractivity contribution in [3.8, 4) is 22.6 Å². The lowest BCUT2D eigenvalue weighted by Gasteiger charge is -2.08. The third kappa shape index (κ3) is 1.63. The summed E-state index contributed by atoms with van der Waals surface area (Å²) in [5.41, 5.74) is 1.23. The van der Waals surface area contributed by atoms with Crippen LogP contribution in [0.5, 0.6) is 11.5 Å². The van der Waals surface area contributed by atoms with Gasteiger partial charge in [0, 0.05) is 5.56 Å². The number of hydrogen-bond donors (Lipinski definition) is 2. The van der Waals surface area contributed by atoms with Crippen molar-refractivity contribution >= 4 is 6.29 Å². The van der Waals surface area contributed by atoms with E-state index in [1.807, 2.05) is 0 Å². The van der Waals surface area contributed by atoms with Gasteiger partial charge in [0.05, 0.1) is 5.56 Å². The van der Waals surface area contributed by atoms with Crippen LogP contribution in [-0.4, -0.2) is 16.5 Å². The maximum atomic E-state index is 10.9. The molecule has 0 aliphatic heterocycles. The summed E-state index contributed by atoms with van der Waals surface area (Å²) in [7, 11) is 0. The summed E-state index contributed by atoms with van der Waals surface area (Å²) < 4.78 is 0. The van der Waals surface area contributed by atoms with Gasteiger partial charge >= 0.3 is 0 Å². The van der Waals surface area contributed by atoms with Crippen molar-refractivity contribution in [2.45, 2.75) is 0 Å². The Hall–Kier alpha value is -2.29. The number of phenolic OH excluding ortho intramolecular Hbond substituents is 2. The zero-order chi connectivity index (χ0) is 11.5. The summed E-state index contributed by atoms with van der Waals surface area (Å²) in [6, 6.07) is 11.4. The third-order valence-corrected chi connectivity index (χ3v) is 2.40. The van der Waals surface area contributed by atoms with Gasteiger partial charge in [-0.3, -0.25) is 4.79 Å². The fourth-order valence-corrected chi connectivity index (χ4v) is 1.61. The molecule has 0 fully saturated rings. The number of carbonyl (C=O) groups is 1. The van der Waals surface area contributed by atoms with E-state index in [0.717, 1.165) is 0 Å². The molecule has 0 aromatic heterocycles. The normalized spacial score (nSPS) is 10.0. The first-order valence-corrected chi connectivity index (χ1v) is 4.79. The quantitative estimate of drug-likeness (QED) is 0.755. The molecule has 0 unspecified atom stereocenters. The van der Waals surface area contributed by atoms with Crippen molar-refractivity contribution in [2.75, 3.05) is 0 Å². The van der Waals surface area contributed by atoms with Crippen LogP contribution in [0.2, 0.25) is 0 Å². The van der Waals surface area contributed by atoms with Crippen LogP contribution in [0.3, 0.4) is 0 Å². The lowest BCUT2D eigenvalue weighted by atomic mass is 9.99. The van der Waals surface area contributed by atoms with E-state index in [1.54, 1.807) is 30.3 Å². The van der Waals surface area contributed by atoms with Crippen molar-refractivity contribution < 1.29 is 15.0 Å². The summed E-state index contributed by atoms with van der Waals surface area (Å²) in [5.74, 6) is -0.00745. The van der Waals surface area contributed by atoms with Gasteiger partial charge in [-0.05, 0) is 17.7 Å². The Bertz CT molecular complexity index is 532. The van der Waals surface area contributed by atoms with E-state index in [0.29, 0.717) is 17.4 Å². The SMILES string of the molecule is O=Cc1c(O)cccc1-c1ccccc1O. The van der Waals surface area contributed by atoms with Crippen molar-refractivity contribution in [3.05, 3.63) is 48.0 Å². The molecule has 0 atom stereocenters. The number of aldehydes is 1. The molecule has 2 N–H and O–H groups in total. The molecule has 0 radical (unpaired) electrons. The highest BCUT2D eigenvalue weighted by Gasteiger charge is 2.11. The van der Waals surface area contributed by atoms with Gasteiger partial charge in [-0.2, -0.15) is 0 Å². The predicted octanol–water partition coefficient (Wildman–Crippen LogP) is 2.58. The molecule has 3 heteroatoms. The topological polar surface area (TPSA) is 57.5 Å². The Kier molecular flexibility index (Phi) is 2.60. The van der Waals surface area contributed by atoms with Gasteiger partial charge < -0.3 is 10.2 Å². The van der Waals surface area contributed by atoms with Crippen LogP contribution in [0.1, 0.15) is 10.4 Å². The highest BCUT2D eigenvalue weighted by molar-refractivity contribution is 5.92. The molecule has 3 nitrogen and oxygen atoms in total. The Balaban J connectivity index is 2.69. The van der Waals surface area contributed by atoms with Crippen LogP contribution in [0, 0.1) is 0 Å². The summed E-state index contributed by atoms with van der Waals surface area (Å²) in [5, 5.41) is 19.2. The molecule has 0 aliphatic carbocycles. The molecule has 2 aromatic rings. The number of aromatic hydroxyl groups is 2. The van der Waals surface area contributed by atoms with E-state index in [4.69, 9.17) is 0 Å². The first-order valence-electron chi connectivity index (χ1n) is 4.79. The molecule has 0 saturated heterocycles. The summed E-state index contributed by atoms with van der Waals surface area (Å²) >= 11 is 0. The highest BCUT2D eigenvalue weighted by Crippen LogP contribution is 2.33. The molecule has 0 bridgehead atoms. The van der Waals surface area contributed by atoms with E-state index in [-0.39, 0.29) is 17.1 Å². The zero-order valence-corrected chi connectivity index (χ0v) is 8.42. The number of rotatable bonds is 2. The number of carbonyl (C=O) groups excluding carboxylic acids is 1. The maximum absolute atomic E-state index is 10.9. The summed E-state index contributed by atoms with van der Waals surface area (Å²) in [6.07, 6.45) is 0.580. The minimum absolute atomic E-state index is 0.0798. The minimum Gasteiger partial charge on any atom is -0.507 e. The molecule has 0 saturated carbocycles. The predicted molar refractivity (Wildman–Crippen MR) is 60.6 cm³/mol. The third-order valence-electron chi connectivity index (χ3n) is 2.40. The zero-order valence-electron chi connectivity index (χ0n) is 8.42. The second-order valence-electron chi connectivity index (χ2n) is 3.37. The van der Waals surface area contributed by atoms with Gasteiger partial charge in [0.15, 0.2) is 6.29 Å². The molecule has 0 heterocycles. The first kappa shape index (κ1) is 10.2. The smallest absolute Gasteiger partial charge is 0.154 e. The van der Waals surface area contributed by atoms with Gasteiger partial charge in [-0.15, -0.1) is 0 Å². The molecule has 16 heavy (non-hydrogen) atoms. The van der Waals surface area contributed by atoms with Gasteiger partial charge in [-0.25, -0.2) is 0 Å². The van der Waals surface area contributed by atoms with E-state index in [1.165, 1.54) is 12.1 Å². The Labute approximate surface area is 92.6 Å². The van der Waals surface area contributed by atoms with Crippen LogP contribution < -0.4 is 0 Å². The minimum atomic E-state index is -0.0873. The van der Waals surface area contributed by atoms with Crippen molar-refractivity contribution in [3.63, 3.8) is 0 Å². The average molecular weight is 214 g/mol. The number of para-hydroxylation sites is 1. The summed E-state index contributed by atoms with van der Waals surface area (Å²) in [4.78, 5) is 10.9. The average Bonchev–Trinajstić information content (AvgIpc) is 2.29. The fraction of sp³-hybridized carbons (Fsp3) is 0. The van der Waals surface area contributed by atoms with E-state index >= 15 is 0 Å². The molecular formula is C13H10O3. The number of hydrogen-bond acceptors (Lipinski definition) is 3. The second kappa shape index (κ2) is 4.06. The lowest BCUT2D eigenvalue weighted by molar-refractivity contribution is 0.112. The Morgan fingerprint density at radius 2 is 1.44 bits per heavy atom. The largest absolute Gasteiger partial charge is 0.507 e. The molecule has 80 valence electrons. The van der Waals surface area contributed by atoms with Gasteiger partial charge in [0.1, 0.15) is 11.5 Å². The maximum Gasteiger partial charge on any atom is 0.154 e. The van der Waals surface area contributed by atoms with Gasteiger partial charge in [0.25, 0.3) is 0 Å². The van der Waals surface area contributed by atoms with Crippen molar-refractivity contribution in [1.82, 2.24) is 0 Å². The standard InChI is InChI=1S/C13H10O3/c14-8-11-9(5-3-7-13(11)16)10-4-1-2-6-12(10)15/h1-8,15-16H. The second-order valence-corrected chi connectivity index (χ2v) is 3.37. The van der Waals surface area contributed by atoms with E-state index in [2.05, 4.69) is 0 Å². The van der Waals surface area contributed by atoms with Gasteiger partial charge in [0.2, 0.25) is 0 Å². The molecule has 2 aromatic carbocycles. The lowest BCUT2D eigenvalue weighted by Crippen LogP contribution is -1.88.